The molecule has 0 radical (unpaired) electrons. The predicted molar refractivity (Wildman–Crippen MR) is 78.5 cm³/mol. The first-order valence-electron chi connectivity index (χ1n) is 6.80. The number of nitrogens with zero attached hydrogens (tertiary/aromatic N) is 1. The zero-order valence-electron chi connectivity index (χ0n) is 11.4. The van der Waals surface area contributed by atoms with Crippen molar-refractivity contribution >= 4 is 23.1 Å². The Balaban J connectivity index is 2.40. The third-order valence-electron chi connectivity index (χ3n) is 3.28. The Bertz CT molecular complexity index is 288. The molecular weight excluding hydrogens is 246 g/mol. The lowest BCUT2D eigenvalue weighted by Gasteiger charge is -2.28. The minimum absolute atomic E-state index is 0.107. The van der Waals surface area contributed by atoms with Gasteiger partial charge in [0.15, 0.2) is 0 Å². The molecule has 18 heavy (non-hydrogen) atoms. The van der Waals surface area contributed by atoms with Gasteiger partial charge in [-0.2, -0.15) is 0 Å². The summed E-state index contributed by atoms with van der Waals surface area (Å²) in [7, 11) is 0. The maximum atomic E-state index is 11.7. The van der Waals surface area contributed by atoms with Gasteiger partial charge in [0.25, 0.3) is 0 Å². The Kier molecular flexibility index (Phi) is 6.57. The van der Waals surface area contributed by atoms with Crippen LogP contribution in [0.1, 0.15) is 46.0 Å². The van der Waals surface area contributed by atoms with Crippen molar-refractivity contribution in [2.75, 3.05) is 13.1 Å². The molecule has 0 spiro atoms. The standard InChI is InChI=1S/C13H25N3OS/c1-10(2)15-13(17)7-8-16(9-12(14)18)11-5-3-4-6-11/h10-11H,3-9H2,1-2H3,(H2,14,18)(H,15,17). The van der Waals surface area contributed by atoms with Crippen molar-refractivity contribution in [2.24, 2.45) is 5.73 Å². The molecule has 0 heterocycles. The molecule has 0 aromatic carbocycles. The molecule has 4 nitrogen and oxygen atoms in total. The molecule has 0 atom stereocenters. The molecule has 1 rings (SSSR count). The SMILES string of the molecule is CC(C)NC(=O)CCN(CC(N)=S)C1CCCC1. The fourth-order valence-electron chi connectivity index (χ4n) is 2.50. The molecule has 0 bridgehead atoms. The van der Waals surface area contributed by atoms with Crippen LogP contribution >= 0.6 is 12.2 Å². The maximum absolute atomic E-state index is 11.7. The first kappa shape index (κ1) is 15.4. The van der Waals surface area contributed by atoms with Crippen LogP contribution in [-0.2, 0) is 4.79 Å². The summed E-state index contributed by atoms with van der Waals surface area (Å²) in [5.41, 5.74) is 5.64. The quantitative estimate of drug-likeness (QED) is 0.688. The molecule has 0 aliphatic heterocycles. The molecule has 0 aromatic rings. The Labute approximate surface area is 115 Å². The van der Waals surface area contributed by atoms with E-state index in [-0.39, 0.29) is 11.9 Å². The van der Waals surface area contributed by atoms with E-state index in [2.05, 4.69) is 10.2 Å². The predicted octanol–water partition coefficient (Wildman–Crippen LogP) is 1.43. The number of nitrogens with two attached hydrogens (primary N) is 1. The van der Waals surface area contributed by atoms with Gasteiger partial charge in [-0.1, -0.05) is 25.1 Å². The van der Waals surface area contributed by atoms with E-state index in [1.807, 2.05) is 13.8 Å². The third kappa shape index (κ3) is 5.78. The Morgan fingerprint density at radius 2 is 2.06 bits per heavy atom. The summed E-state index contributed by atoms with van der Waals surface area (Å²) < 4.78 is 0. The van der Waals surface area contributed by atoms with E-state index < -0.39 is 0 Å². The second-order valence-corrected chi connectivity index (χ2v) is 5.87. The Morgan fingerprint density at radius 1 is 1.44 bits per heavy atom. The number of rotatable bonds is 7. The van der Waals surface area contributed by atoms with Crippen LogP contribution in [0.5, 0.6) is 0 Å². The highest BCUT2D eigenvalue weighted by atomic mass is 32.1. The van der Waals surface area contributed by atoms with Gasteiger partial charge in [-0.25, -0.2) is 0 Å². The smallest absolute Gasteiger partial charge is 0.221 e. The van der Waals surface area contributed by atoms with Crippen molar-refractivity contribution in [1.82, 2.24) is 10.2 Å². The largest absolute Gasteiger partial charge is 0.392 e. The van der Waals surface area contributed by atoms with E-state index >= 15 is 0 Å². The van der Waals surface area contributed by atoms with Crippen LogP contribution < -0.4 is 11.1 Å². The summed E-state index contributed by atoms with van der Waals surface area (Å²) in [6, 6.07) is 0.756. The molecule has 1 aliphatic carbocycles. The normalized spacial score (nSPS) is 16.4. The van der Waals surface area contributed by atoms with Crippen molar-refractivity contribution < 1.29 is 4.79 Å². The first-order valence-corrected chi connectivity index (χ1v) is 7.21. The highest BCUT2D eigenvalue weighted by Crippen LogP contribution is 2.23. The van der Waals surface area contributed by atoms with Gasteiger partial charge in [0, 0.05) is 31.6 Å². The van der Waals surface area contributed by atoms with Crippen LogP contribution in [-0.4, -0.2) is 41.0 Å². The minimum atomic E-state index is 0.107. The average molecular weight is 271 g/mol. The Morgan fingerprint density at radius 3 is 2.56 bits per heavy atom. The van der Waals surface area contributed by atoms with E-state index in [9.17, 15) is 4.79 Å². The van der Waals surface area contributed by atoms with Crippen LogP contribution in [0, 0.1) is 0 Å². The number of carbonyl (C=O) groups excluding carboxylic acids is 1. The number of thiocarbonyl (C=S) groups is 1. The van der Waals surface area contributed by atoms with Gasteiger partial charge in [-0.3, -0.25) is 9.69 Å². The lowest BCUT2D eigenvalue weighted by Crippen LogP contribution is -2.42. The third-order valence-corrected chi connectivity index (χ3v) is 3.40. The van der Waals surface area contributed by atoms with E-state index in [4.69, 9.17) is 18.0 Å². The maximum Gasteiger partial charge on any atom is 0.221 e. The molecule has 1 amide bonds. The van der Waals surface area contributed by atoms with Crippen molar-refractivity contribution in [2.45, 2.75) is 58.0 Å². The second-order valence-electron chi connectivity index (χ2n) is 5.35. The number of hydrogen-bond acceptors (Lipinski definition) is 3. The molecule has 5 heteroatoms. The number of hydrogen-bond donors (Lipinski definition) is 2. The fourth-order valence-corrected chi connectivity index (χ4v) is 2.67. The van der Waals surface area contributed by atoms with Gasteiger partial charge in [0.05, 0.1) is 4.99 Å². The average Bonchev–Trinajstić information content (AvgIpc) is 2.75. The zero-order chi connectivity index (χ0) is 13.5. The van der Waals surface area contributed by atoms with Crippen molar-refractivity contribution in [1.29, 1.82) is 0 Å². The van der Waals surface area contributed by atoms with Gasteiger partial charge in [-0.05, 0) is 26.7 Å². The lowest BCUT2D eigenvalue weighted by atomic mass is 10.2. The summed E-state index contributed by atoms with van der Waals surface area (Å²) in [4.78, 5) is 14.4. The number of carbonyl (C=O) groups is 1. The van der Waals surface area contributed by atoms with Gasteiger partial charge in [0.1, 0.15) is 0 Å². The molecule has 0 aromatic heterocycles. The molecule has 1 aliphatic rings. The van der Waals surface area contributed by atoms with E-state index in [0.29, 0.717) is 24.0 Å². The minimum Gasteiger partial charge on any atom is -0.392 e. The zero-order valence-corrected chi connectivity index (χ0v) is 12.3. The van der Waals surface area contributed by atoms with Crippen LogP contribution in [0.15, 0.2) is 0 Å². The summed E-state index contributed by atoms with van der Waals surface area (Å²) in [5.74, 6) is 0.107. The second kappa shape index (κ2) is 7.69. The van der Waals surface area contributed by atoms with E-state index in [1.165, 1.54) is 25.7 Å². The van der Waals surface area contributed by atoms with Crippen LogP contribution in [0.2, 0.25) is 0 Å². The lowest BCUT2D eigenvalue weighted by molar-refractivity contribution is -0.122. The van der Waals surface area contributed by atoms with E-state index in [0.717, 1.165) is 6.54 Å². The summed E-state index contributed by atoms with van der Waals surface area (Å²) in [6.07, 6.45) is 5.48. The van der Waals surface area contributed by atoms with Gasteiger partial charge in [0.2, 0.25) is 5.91 Å². The van der Waals surface area contributed by atoms with Crippen molar-refractivity contribution in [3.63, 3.8) is 0 Å². The monoisotopic (exact) mass is 271 g/mol. The first-order chi connectivity index (χ1) is 8.49. The summed E-state index contributed by atoms with van der Waals surface area (Å²) >= 11 is 4.99. The van der Waals surface area contributed by atoms with Gasteiger partial charge < -0.3 is 11.1 Å². The van der Waals surface area contributed by atoms with Crippen LogP contribution in [0.3, 0.4) is 0 Å². The number of amides is 1. The fraction of sp³-hybridized carbons (Fsp3) is 0.846. The molecule has 1 saturated carbocycles. The Hall–Kier alpha value is -0.680. The molecule has 1 fully saturated rings. The summed E-state index contributed by atoms with van der Waals surface area (Å²) in [6.45, 7) is 5.33. The van der Waals surface area contributed by atoms with Gasteiger partial charge >= 0.3 is 0 Å². The molecule has 0 unspecified atom stereocenters. The molecule has 104 valence electrons. The van der Waals surface area contributed by atoms with Crippen molar-refractivity contribution in [3.05, 3.63) is 0 Å². The van der Waals surface area contributed by atoms with Crippen LogP contribution in [0.25, 0.3) is 0 Å². The van der Waals surface area contributed by atoms with E-state index in [1.54, 1.807) is 0 Å². The molecular formula is C13H25N3OS. The summed E-state index contributed by atoms with van der Waals surface area (Å²) in [5, 5.41) is 2.91. The topological polar surface area (TPSA) is 58.4 Å². The van der Waals surface area contributed by atoms with Crippen molar-refractivity contribution in [3.8, 4) is 0 Å². The highest BCUT2D eigenvalue weighted by molar-refractivity contribution is 7.80. The number of nitrogens with one attached hydrogen (secondary N) is 1. The molecule has 0 saturated heterocycles. The van der Waals surface area contributed by atoms with Crippen LogP contribution in [0.4, 0.5) is 0 Å². The van der Waals surface area contributed by atoms with Gasteiger partial charge in [-0.15, -0.1) is 0 Å². The highest BCUT2D eigenvalue weighted by Gasteiger charge is 2.23. The molecule has 3 N–H and O–H groups in total.